The van der Waals surface area contributed by atoms with Crippen LogP contribution in [0.15, 0.2) is 0 Å². The van der Waals surface area contributed by atoms with Crippen molar-refractivity contribution in [1.82, 2.24) is 15.1 Å². The van der Waals surface area contributed by atoms with Gasteiger partial charge in [-0.05, 0) is 33.2 Å². The zero-order valence-electron chi connectivity index (χ0n) is 13.2. The van der Waals surface area contributed by atoms with Crippen LogP contribution in [0.3, 0.4) is 0 Å². The van der Waals surface area contributed by atoms with E-state index in [1.54, 1.807) is 0 Å². The topological polar surface area (TPSA) is 39.1 Å². The van der Waals surface area contributed by atoms with Gasteiger partial charge in [-0.1, -0.05) is 25.4 Å². The van der Waals surface area contributed by atoms with Gasteiger partial charge in [-0.25, -0.2) is 0 Å². The van der Waals surface area contributed by atoms with Crippen molar-refractivity contribution in [3.05, 3.63) is 16.4 Å². The molecule has 116 valence electrons. The highest BCUT2D eigenvalue weighted by molar-refractivity contribution is 6.31. The largest absolute Gasteiger partial charge is 0.382 e. The Kier molecular flexibility index (Phi) is 8.19. The van der Waals surface area contributed by atoms with Crippen molar-refractivity contribution >= 4 is 11.6 Å². The third-order valence-electron chi connectivity index (χ3n) is 3.44. The van der Waals surface area contributed by atoms with E-state index in [2.05, 4.69) is 31.2 Å². The zero-order chi connectivity index (χ0) is 15.0. The number of hydrogen-bond donors (Lipinski definition) is 1. The van der Waals surface area contributed by atoms with Crippen molar-refractivity contribution in [2.75, 3.05) is 19.8 Å². The lowest BCUT2D eigenvalue weighted by atomic mass is 10.1. The van der Waals surface area contributed by atoms with Crippen LogP contribution >= 0.6 is 11.6 Å². The second kappa shape index (κ2) is 9.37. The normalized spacial score (nSPS) is 12.8. The number of likely N-dealkylation sites (N-methyl/N-ethyl adjacent to an activating group) is 1. The summed E-state index contributed by atoms with van der Waals surface area (Å²) in [4.78, 5) is 0. The average Bonchev–Trinajstić information content (AvgIpc) is 2.75. The number of aryl methyl sites for hydroxylation is 2. The Morgan fingerprint density at radius 3 is 2.60 bits per heavy atom. The van der Waals surface area contributed by atoms with Gasteiger partial charge < -0.3 is 10.1 Å². The first-order valence-electron chi connectivity index (χ1n) is 7.72. The van der Waals surface area contributed by atoms with Crippen LogP contribution in [-0.2, 0) is 24.1 Å². The smallest absolute Gasteiger partial charge is 0.0850 e. The molecule has 1 aromatic heterocycles. The quantitative estimate of drug-likeness (QED) is 0.675. The fraction of sp³-hybridized carbons (Fsp3) is 0.800. The molecule has 1 N–H and O–H groups in total. The van der Waals surface area contributed by atoms with Crippen LogP contribution in [0.4, 0.5) is 0 Å². The molecule has 0 bridgehead atoms. The molecule has 4 nitrogen and oxygen atoms in total. The maximum absolute atomic E-state index is 6.47. The van der Waals surface area contributed by atoms with Gasteiger partial charge in [0.05, 0.1) is 16.4 Å². The number of halogens is 1. The maximum atomic E-state index is 6.47. The summed E-state index contributed by atoms with van der Waals surface area (Å²) in [6.07, 6.45) is 2.78. The van der Waals surface area contributed by atoms with Crippen LogP contribution < -0.4 is 5.32 Å². The SMILES string of the molecule is CCNC(CCOCC)Cc1c(Cl)c(CC)nn1CC. The molecule has 20 heavy (non-hydrogen) atoms. The highest BCUT2D eigenvalue weighted by Gasteiger charge is 2.18. The molecule has 5 heteroatoms. The molecule has 0 aliphatic heterocycles. The van der Waals surface area contributed by atoms with Crippen molar-refractivity contribution in [2.45, 2.75) is 59.5 Å². The minimum absolute atomic E-state index is 0.385. The second-order valence-corrected chi connectivity index (χ2v) is 5.20. The number of nitrogens with one attached hydrogen (secondary N) is 1. The van der Waals surface area contributed by atoms with Gasteiger partial charge in [0.15, 0.2) is 0 Å². The molecule has 0 aliphatic carbocycles. The second-order valence-electron chi connectivity index (χ2n) is 4.82. The summed E-state index contributed by atoms with van der Waals surface area (Å²) < 4.78 is 7.50. The number of nitrogens with zero attached hydrogens (tertiary/aromatic N) is 2. The number of hydrogen-bond acceptors (Lipinski definition) is 3. The summed E-state index contributed by atoms with van der Waals surface area (Å²) in [6.45, 7) is 11.7. The number of aromatic nitrogens is 2. The van der Waals surface area contributed by atoms with E-state index in [9.17, 15) is 0 Å². The summed E-state index contributed by atoms with van der Waals surface area (Å²) in [5.41, 5.74) is 2.15. The van der Waals surface area contributed by atoms with E-state index in [4.69, 9.17) is 16.3 Å². The number of rotatable bonds is 10. The van der Waals surface area contributed by atoms with Gasteiger partial charge >= 0.3 is 0 Å². The molecule has 1 aromatic rings. The third-order valence-corrected chi connectivity index (χ3v) is 3.88. The van der Waals surface area contributed by atoms with E-state index in [0.29, 0.717) is 6.04 Å². The van der Waals surface area contributed by atoms with E-state index >= 15 is 0 Å². The molecule has 1 atom stereocenters. The van der Waals surface area contributed by atoms with Gasteiger partial charge in [-0.15, -0.1) is 0 Å². The summed E-state index contributed by atoms with van der Waals surface area (Å²) in [5.74, 6) is 0. The van der Waals surface area contributed by atoms with Crippen LogP contribution in [0, 0.1) is 0 Å². The minimum atomic E-state index is 0.385. The Morgan fingerprint density at radius 2 is 2.05 bits per heavy atom. The predicted molar refractivity (Wildman–Crippen MR) is 84.6 cm³/mol. The van der Waals surface area contributed by atoms with Gasteiger partial charge in [-0.3, -0.25) is 4.68 Å². The van der Waals surface area contributed by atoms with Crippen LogP contribution in [0.2, 0.25) is 5.02 Å². The molecule has 1 rings (SSSR count). The Labute approximate surface area is 127 Å². The molecule has 1 heterocycles. The first-order valence-corrected chi connectivity index (χ1v) is 8.10. The van der Waals surface area contributed by atoms with Crippen molar-refractivity contribution in [1.29, 1.82) is 0 Å². The van der Waals surface area contributed by atoms with Crippen molar-refractivity contribution in [3.8, 4) is 0 Å². The zero-order valence-corrected chi connectivity index (χ0v) is 14.0. The van der Waals surface area contributed by atoms with Crippen molar-refractivity contribution < 1.29 is 4.74 Å². The fourth-order valence-electron chi connectivity index (χ4n) is 2.38. The highest BCUT2D eigenvalue weighted by Crippen LogP contribution is 2.23. The van der Waals surface area contributed by atoms with Crippen molar-refractivity contribution in [3.63, 3.8) is 0 Å². The lowest BCUT2D eigenvalue weighted by Crippen LogP contribution is -2.33. The highest BCUT2D eigenvalue weighted by atomic mass is 35.5. The Bertz CT molecular complexity index is 393. The van der Waals surface area contributed by atoms with Crippen LogP contribution in [0.1, 0.15) is 45.5 Å². The molecule has 0 spiro atoms. The van der Waals surface area contributed by atoms with Gasteiger partial charge in [0, 0.05) is 32.2 Å². The van der Waals surface area contributed by atoms with E-state index < -0.39 is 0 Å². The first-order chi connectivity index (χ1) is 9.67. The predicted octanol–water partition coefficient (Wildman–Crippen LogP) is 3.07. The molecule has 0 aliphatic rings. The lowest BCUT2D eigenvalue weighted by molar-refractivity contribution is 0.136. The number of ether oxygens (including phenoxy) is 1. The van der Waals surface area contributed by atoms with Crippen molar-refractivity contribution in [2.24, 2.45) is 0 Å². The summed E-state index contributed by atoms with van der Waals surface area (Å²) in [5, 5.41) is 8.94. The fourth-order valence-corrected chi connectivity index (χ4v) is 2.73. The monoisotopic (exact) mass is 301 g/mol. The molecule has 0 saturated carbocycles. The van der Waals surface area contributed by atoms with E-state index in [0.717, 1.165) is 62.0 Å². The summed E-state index contributed by atoms with van der Waals surface area (Å²) in [6, 6.07) is 0.385. The summed E-state index contributed by atoms with van der Waals surface area (Å²) >= 11 is 6.47. The standard InChI is InChI=1S/C15H28ClN3O/c1-5-13-15(16)14(19(7-3)18-13)11-12(17-6-2)9-10-20-8-4/h12,17H,5-11H2,1-4H3. The lowest BCUT2D eigenvalue weighted by Gasteiger charge is -2.18. The van der Waals surface area contributed by atoms with Gasteiger partial charge in [0.1, 0.15) is 0 Å². The van der Waals surface area contributed by atoms with Gasteiger partial charge in [0.25, 0.3) is 0 Å². The molecule has 0 fully saturated rings. The molecule has 0 saturated heterocycles. The third kappa shape index (κ3) is 4.76. The molecular formula is C15H28ClN3O. The average molecular weight is 302 g/mol. The van der Waals surface area contributed by atoms with Gasteiger partial charge in [0.2, 0.25) is 0 Å². The van der Waals surface area contributed by atoms with Crippen LogP contribution in [0.25, 0.3) is 0 Å². The Balaban J connectivity index is 2.78. The molecule has 0 aromatic carbocycles. The van der Waals surface area contributed by atoms with E-state index in [1.807, 2.05) is 11.6 Å². The van der Waals surface area contributed by atoms with E-state index in [-0.39, 0.29) is 0 Å². The van der Waals surface area contributed by atoms with E-state index in [1.165, 1.54) is 0 Å². The maximum Gasteiger partial charge on any atom is 0.0850 e. The van der Waals surface area contributed by atoms with Gasteiger partial charge in [-0.2, -0.15) is 5.10 Å². The minimum Gasteiger partial charge on any atom is -0.382 e. The summed E-state index contributed by atoms with van der Waals surface area (Å²) in [7, 11) is 0. The molecular weight excluding hydrogens is 274 g/mol. The first kappa shape index (κ1) is 17.5. The molecule has 0 radical (unpaired) electrons. The molecule has 1 unspecified atom stereocenters. The van der Waals surface area contributed by atoms with Crippen LogP contribution in [-0.4, -0.2) is 35.6 Å². The Morgan fingerprint density at radius 1 is 1.30 bits per heavy atom. The Hall–Kier alpha value is -0.580. The molecule has 0 amide bonds. The van der Waals surface area contributed by atoms with Crippen LogP contribution in [0.5, 0.6) is 0 Å².